The molecule has 2 amide bonds. The molecule has 1 aliphatic rings. The van der Waals surface area contributed by atoms with Crippen LogP contribution in [0, 0.1) is 5.92 Å². The maximum atomic E-state index is 12.4. The average Bonchev–Trinajstić information content (AvgIpc) is 3.07. The Morgan fingerprint density at radius 1 is 1.26 bits per heavy atom. The van der Waals surface area contributed by atoms with Gasteiger partial charge in [-0.1, -0.05) is 30.3 Å². The predicted octanol–water partition coefficient (Wildman–Crippen LogP) is 1.53. The summed E-state index contributed by atoms with van der Waals surface area (Å²) >= 11 is 0. The molecule has 0 radical (unpaired) electrons. The monoisotopic (exact) mass is 367 g/mol. The molecule has 140 valence electrons. The molecule has 0 bridgehead atoms. The van der Waals surface area contributed by atoms with E-state index in [1.165, 1.54) is 13.3 Å². The average molecular weight is 367 g/mol. The van der Waals surface area contributed by atoms with Crippen LogP contribution in [0.15, 0.2) is 48.7 Å². The zero-order valence-electron chi connectivity index (χ0n) is 15.1. The summed E-state index contributed by atoms with van der Waals surface area (Å²) in [6, 6.07) is 12.8. The lowest BCUT2D eigenvalue weighted by atomic mass is 10.1. The molecule has 1 atom stereocenters. The van der Waals surface area contributed by atoms with Crippen molar-refractivity contribution in [2.75, 3.05) is 13.7 Å². The van der Waals surface area contributed by atoms with Gasteiger partial charge in [-0.3, -0.25) is 14.6 Å². The van der Waals surface area contributed by atoms with Crippen LogP contribution in [-0.4, -0.2) is 41.3 Å². The Balaban J connectivity index is 1.54. The van der Waals surface area contributed by atoms with Gasteiger partial charge in [-0.15, -0.1) is 0 Å². The number of carbonyl (C=O) groups excluding carboxylic acids is 3. The van der Waals surface area contributed by atoms with Crippen molar-refractivity contribution in [3.8, 4) is 0 Å². The number of rotatable bonds is 6. The van der Waals surface area contributed by atoms with Gasteiger partial charge in [0.15, 0.2) is 0 Å². The minimum Gasteiger partial charge on any atom is -0.465 e. The molecule has 3 rings (SSSR count). The minimum atomic E-state index is -0.456. The molecule has 7 nitrogen and oxygen atoms in total. The molecule has 2 aromatic rings. The molecule has 1 N–H and O–H groups in total. The van der Waals surface area contributed by atoms with Gasteiger partial charge in [0.05, 0.1) is 30.8 Å². The molecule has 1 aromatic carbocycles. The summed E-state index contributed by atoms with van der Waals surface area (Å²) in [6.45, 7) is 1.09. The molecular formula is C20H21N3O4. The molecule has 7 heteroatoms. The van der Waals surface area contributed by atoms with E-state index in [0.29, 0.717) is 24.3 Å². The van der Waals surface area contributed by atoms with Crippen molar-refractivity contribution in [3.05, 3.63) is 65.5 Å². The first-order chi connectivity index (χ1) is 13.1. The van der Waals surface area contributed by atoms with E-state index < -0.39 is 5.97 Å². The second kappa shape index (κ2) is 8.44. The number of methoxy groups -OCH3 is 1. The van der Waals surface area contributed by atoms with E-state index in [1.54, 1.807) is 17.0 Å². The Morgan fingerprint density at radius 3 is 2.78 bits per heavy atom. The van der Waals surface area contributed by atoms with Crippen LogP contribution < -0.4 is 5.32 Å². The molecule has 0 saturated carbocycles. The lowest BCUT2D eigenvalue weighted by Crippen LogP contribution is -2.32. The van der Waals surface area contributed by atoms with Crippen molar-refractivity contribution >= 4 is 17.8 Å². The third kappa shape index (κ3) is 4.69. The highest BCUT2D eigenvalue weighted by atomic mass is 16.5. The lowest BCUT2D eigenvalue weighted by molar-refractivity contribution is -0.129. The number of nitrogens with zero attached hydrogens (tertiary/aromatic N) is 2. The van der Waals surface area contributed by atoms with Crippen molar-refractivity contribution in [2.24, 2.45) is 5.92 Å². The molecule has 1 aliphatic heterocycles. The van der Waals surface area contributed by atoms with Crippen LogP contribution in [-0.2, 0) is 27.4 Å². The van der Waals surface area contributed by atoms with Gasteiger partial charge in [0.1, 0.15) is 0 Å². The Labute approximate surface area is 157 Å². The van der Waals surface area contributed by atoms with Crippen molar-refractivity contribution in [3.63, 3.8) is 0 Å². The second-order valence-corrected chi connectivity index (χ2v) is 6.41. The van der Waals surface area contributed by atoms with Crippen LogP contribution in [0.5, 0.6) is 0 Å². The summed E-state index contributed by atoms with van der Waals surface area (Å²) in [6.07, 6.45) is 1.70. The van der Waals surface area contributed by atoms with Crippen molar-refractivity contribution in [1.82, 2.24) is 15.2 Å². The molecule has 1 saturated heterocycles. The van der Waals surface area contributed by atoms with E-state index in [0.717, 1.165) is 5.56 Å². The SMILES string of the molecule is COC(=O)c1ccnc(CNC(=O)C2CC(=O)N(Cc3ccccc3)C2)c1. The highest BCUT2D eigenvalue weighted by Crippen LogP contribution is 2.20. The Bertz CT molecular complexity index is 838. The van der Waals surface area contributed by atoms with Gasteiger partial charge >= 0.3 is 5.97 Å². The normalized spacial score (nSPS) is 16.3. The molecule has 1 aromatic heterocycles. The fourth-order valence-electron chi connectivity index (χ4n) is 3.05. The van der Waals surface area contributed by atoms with Crippen LogP contribution >= 0.6 is 0 Å². The van der Waals surface area contributed by atoms with Crippen molar-refractivity contribution < 1.29 is 19.1 Å². The maximum absolute atomic E-state index is 12.4. The number of benzene rings is 1. The second-order valence-electron chi connectivity index (χ2n) is 6.41. The number of hydrogen-bond donors (Lipinski definition) is 1. The first-order valence-electron chi connectivity index (χ1n) is 8.69. The van der Waals surface area contributed by atoms with Gasteiger partial charge in [0.25, 0.3) is 0 Å². The number of amides is 2. The predicted molar refractivity (Wildman–Crippen MR) is 97.4 cm³/mol. The number of pyridine rings is 1. The zero-order valence-corrected chi connectivity index (χ0v) is 15.1. The van der Waals surface area contributed by atoms with Gasteiger partial charge in [0, 0.05) is 25.7 Å². The van der Waals surface area contributed by atoms with E-state index in [1.807, 2.05) is 30.3 Å². The summed E-state index contributed by atoms with van der Waals surface area (Å²) in [7, 11) is 1.31. The number of likely N-dealkylation sites (tertiary alicyclic amines) is 1. The van der Waals surface area contributed by atoms with Crippen LogP contribution in [0.25, 0.3) is 0 Å². The molecule has 0 aliphatic carbocycles. The quantitative estimate of drug-likeness (QED) is 0.783. The van der Waals surface area contributed by atoms with Gasteiger partial charge in [-0.2, -0.15) is 0 Å². The molecule has 27 heavy (non-hydrogen) atoms. The Kier molecular flexibility index (Phi) is 5.80. The van der Waals surface area contributed by atoms with E-state index >= 15 is 0 Å². The highest BCUT2D eigenvalue weighted by molar-refractivity contribution is 5.90. The minimum absolute atomic E-state index is 0.0233. The van der Waals surface area contributed by atoms with Crippen LogP contribution in [0.1, 0.15) is 28.0 Å². The molecule has 1 fully saturated rings. The molecule has 2 heterocycles. The topological polar surface area (TPSA) is 88.6 Å². The summed E-state index contributed by atoms with van der Waals surface area (Å²) in [5.41, 5.74) is 1.97. The van der Waals surface area contributed by atoms with Crippen molar-refractivity contribution in [1.29, 1.82) is 0 Å². The maximum Gasteiger partial charge on any atom is 0.337 e. The largest absolute Gasteiger partial charge is 0.465 e. The number of esters is 1. The fourth-order valence-corrected chi connectivity index (χ4v) is 3.05. The van der Waals surface area contributed by atoms with E-state index in [2.05, 4.69) is 15.0 Å². The number of ether oxygens (including phenoxy) is 1. The summed E-state index contributed by atoms with van der Waals surface area (Å²) in [4.78, 5) is 42.0. The zero-order chi connectivity index (χ0) is 19.2. The first kappa shape index (κ1) is 18.6. The third-order valence-electron chi connectivity index (χ3n) is 4.48. The molecule has 1 unspecified atom stereocenters. The third-order valence-corrected chi connectivity index (χ3v) is 4.48. The smallest absolute Gasteiger partial charge is 0.337 e. The van der Waals surface area contributed by atoms with E-state index in [-0.39, 0.29) is 30.7 Å². The summed E-state index contributed by atoms with van der Waals surface area (Å²) in [5.74, 6) is -1.05. The number of nitrogens with one attached hydrogen (secondary N) is 1. The summed E-state index contributed by atoms with van der Waals surface area (Å²) < 4.78 is 4.67. The fraction of sp³-hybridized carbons (Fsp3) is 0.300. The van der Waals surface area contributed by atoms with Crippen molar-refractivity contribution in [2.45, 2.75) is 19.5 Å². The molecule has 0 spiro atoms. The lowest BCUT2D eigenvalue weighted by Gasteiger charge is -2.16. The number of hydrogen-bond acceptors (Lipinski definition) is 5. The van der Waals surface area contributed by atoms with Crippen LogP contribution in [0.3, 0.4) is 0 Å². The number of carbonyl (C=O) groups is 3. The number of aromatic nitrogens is 1. The van der Waals surface area contributed by atoms with Gasteiger partial charge < -0.3 is 15.0 Å². The first-order valence-corrected chi connectivity index (χ1v) is 8.69. The Morgan fingerprint density at radius 2 is 2.04 bits per heavy atom. The standard InChI is InChI=1S/C20H21N3O4/c1-27-20(26)15-7-8-21-17(9-15)11-22-19(25)16-10-18(24)23(13-16)12-14-5-3-2-4-6-14/h2-9,16H,10-13H2,1H3,(H,22,25). The van der Waals surface area contributed by atoms with Crippen LogP contribution in [0.4, 0.5) is 0 Å². The molecular weight excluding hydrogens is 346 g/mol. The van der Waals surface area contributed by atoms with Crippen LogP contribution in [0.2, 0.25) is 0 Å². The Hall–Kier alpha value is -3.22. The summed E-state index contributed by atoms with van der Waals surface area (Å²) in [5, 5.41) is 2.80. The van der Waals surface area contributed by atoms with E-state index in [4.69, 9.17) is 0 Å². The highest BCUT2D eigenvalue weighted by Gasteiger charge is 2.34. The van der Waals surface area contributed by atoms with E-state index in [9.17, 15) is 14.4 Å². The van der Waals surface area contributed by atoms with Gasteiger partial charge in [-0.25, -0.2) is 4.79 Å². The van der Waals surface area contributed by atoms with Gasteiger partial charge in [-0.05, 0) is 17.7 Å². The van der Waals surface area contributed by atoms with Gasteiger partial charge in [0.2, 0.25) is 11.8 Å².